The second kappa shape index (κ2) is 7.80. The van der Waals surface area contributed by atoms with Crippen molar-refractivity contribution in [1.29, 1.82) is 0 Å². The molecule has 2 N–H and O–H groups in total. The average molecular weight is 349 g/mol. The molecule has 3 rings (SSSR count). The highest BCUT2D eigenvalue weighted by molar-refractivity contribution is 7.15. The Morgan fingerprint density at radius 1 is 1.33 bits per heavy atom. The molecule has 8 nitrogen and oxygen atoms in total. The number of hydrogen-bond acceptors (Lipinski definition) is 7. The fourth-order valence-corrected chi connectivity index (χ4v) is 3.88. The molecule has 0 bridgehead atoms. The molecule has 2 aromatic rings. The molecule has 1 saturated heterocycles. The van der Waals surface area contributed by atoms with Crippen LogP contribution in [0.25, 0.3) is 0 Å². The van der Waals surface area contributed by atoms with E-state index < -0.39 is 0 Å². The molecular weight excluding hydrogens is 326 g/mol. The number of carbonyl (C=O) groups excluding carboxylic acids is 1. The number of carbonyl (C=O) groups is 1. The van der Waals surface area contributed by atoms with Gasteiger partial charge in [-0.25, -0.2) is 4.68 Å². The fraction of sp³-hybridized carbons (Fsp3) is 0.667. The maximum atomic E-state index is 12.3. The summed E-state index contributed by atoms with van der Waals surface area (Å²) in [4.78, 5) is 12.3. The van der Waals surface area contributed by atoms with E-state index >= 15 is 0 Å². The number of nitrogens with zero attached hydrogens (tertiary/aromatic N) is 5. The van der Waals surface area contributed by atoms with Crippen molar-refractivity contribution in [1.82, 2.24) is 30.5 Å². The maximum absolute atomic E-state index is 12.3. The first-order valence-electron chi connectivity index (χ1n) is 8.48. The largest absolute Gasteiger partial charge is 0.317 e. The average Bonchev–Trinajstić information content (AvgIpc) is 3.27. The molecule has 0 unspecified atom stereocenters. The number of aromatic nitrogens is 5. The van der Waals surface area contributed by atoms with Crippen LogP contribution in [0.5, 0.6) is 0 Å². The van der Waals surface area contributed by atoms with E-state index in [0.717, 1.165) is 43.8 Å². The molecule has 0 spiro atoms. The van der Waals surface area contributed by atoms with Crippen molar-refractivity contribution in [2.24, 2.45) is 0 Å². The Balaban J connectivity index is 1.64. The highest BCUT2D eigenvalue weighted by atomic mass is 32.1. The van der Waals surface area contributed by atoms with Gasteiger partial charge in [-0.1, -0.05) is 30.4 Å². The van der Waals surface area contributed by atoms with Crippen molar-refractivity contribution >= 4 is 22.4 Å². The van der Waals surface area contributed by atoms with Crippen molar-refractivity contribution < 1.29 is 4.79 Å². The Kier molecular flexibility index (Phi) is 5.52. The number of anilines is 1. The van der Waals surface area contributed by atoms with Crippen LogP contribution < -0.4 is 10.6 Å². The quantitative estimate of drug-likeness (QED) is 0.830. The highest BCUT2D eigenvalue weighted by Crippen LogP contribution is 2.28. The van der Waals surface area contributed by atoms with Gasteiger partial charge in [0.1, 0.15) is 5.01 Å². The monoisotopic (exact) mass is 349 g/mol. The summed E-state index contributed by atoms with van der Waals surface area (Å²) in [5, 5.41) is 23.9. The summed E-state index contributed by atoms with van der Waals surface area (Å²) in [7, 11) is 0. The lowest BCUT2D eigenvalue weighted by atomic mass is 10.1. The van der Waals surface area contributed by atoms with Crippen LogP contribution in [0.3, 0.4) is 0 Å². The minimum atomic E-state index is -0.289. The Labute approximate surface area is 145 Å². The molecule has 130 valence electrons. The lowest BCUT2D eigenvalue weighted by Crippen LogP contribution is -2.29. The summed E-state index contributed by atoms with van der Waals surface area (Å²) < 4.78 is 1.80. The predicted octanol–water partition coefficient (Wildman–Crippen LogP) is 2.21. The first kappa shape index (κ1) is 17.0. The Hall–Kier alpha value is -1.87. The lowest BCUT2D eigenvalue weighted by Gasteiger charge is -2.21. The zero-order valence-corrected chi connectivity index (χ0v) is 14.8. The van der Waals surface area contributed by atoms with Gasteiger partial charge in [0.05, 0.1) is 12.2 Å². The number of hydrogen-bond donors (Lipinski definition) is 2. The number of nitrogens with one attached hydrogen (secondary N) is 2. The molecule has 0 radical (unpaired) electrons. The van der Waals surface area contributed by atoms with E-state index in [-0.39, 0.29) is 5.91 Å². The molecule has 9 heteroatoms. The minimum Gasteiger partial charge on any atom is -0.317 e. The number of rotatable bonds is 6. The SMILES string of the molecule is CCC(CC)c1nnc(NC(=O)c2cn(C3CCNCC3)nn2)s1. The molecule has 24 heavy (non-hydrogen) atoms. The van der Waals surface area contributed by atoms with Crippen LogP contribution in [0.1, 0.15) is 67.0 Å². The van der Waals surface area contributed by atoms with Gasteiger partial charge in [-0.2, -0.15) is 0 Å². The molecule has 0 aromatic carbocycles. The topological polar surface area (TPSA) is 97.6 Å². The van der Waals surface area contributed by atoms with Gasteiger partial charge in [-0.3, -0.25) is 10.1 Å². The second-order valence-corrected chi connectivity index (χ2v) is 6.99. The van der Waals surface area contributed by atoms with E-state index in [1.165, 1.54) is 11.3 Å². The van der Waals surface area contributed by atoms with E-state index in [4.69, 9.17) is 0 Å². The summed E-state index contributed by atoms with van der Waals surface area (Å²) >= 11 is 1.43. The Bertz CT molecular complexity index is 673. The summed E-state index contributed by atoms with van der Waals surface area (Å²) in [6.07, 6.45) is 5.75. The molecule has 0 saturated carbocycles. The van der Waals surface area contributed by atoms with Crippen LogP contribution in [0.2, 0.25) is 0 Å². The summed E-state index contributed by atoms with van der Waals surface area (Å²) in [6, 6.07) is 0.309. The predicted molar refractivity (Wildman–Crippen MR) is 92.3 cm³/mol. The molecule has 1 amide bonds. The molecule has 1 fully saturated rings. The first-order chi connectivity index (χ1) is 11.7. The summed E-state index contributed by atoms with van der Waals surface area (Å²) in [5.41, 5.74) is 0.313. The van der Waals surface area contributed by atoms with Crippen LogP contribution >= 0.6 is 11.3 Å². The third kappa shape index (κ3) is 3.78. The number of piperidine rings is 1. The van der Waals surface area contributed by atoms with Gasteiger partial charge in [-0.15, -0.1) is 15.3 Å². The molecule has 3 heterocycles. The van der Waals surface area contributed by atoms with Gasteiger partial charge in [-0.05, 0) is 38.8 Å². The highest BCUT2D eigenvalue weighted by Gasteiger charge is 2.20. The Morgan fingerprint density at radius 3 is 2.79 bits per heavy atom. The van der Waals surface area contributed by atoms with Crippen LogP contribution in [0, 0.1) is 0 Å². The van der Waals surface area contributed by atoms with Crippen molar-refractivity contribution in [2.45, 2.75) is 51.5 Å². The number of amides is 1. The standard InChI is InChI=1S/C15H23N7OS/c1-3-10(4-2)14-19-20-15(24-14)17-13(23)12-9-22(21-18-12)11-5-7-16-8-6-11/h9-11,16H,3-8H2,1-2H3,(H,17,20,23). The Morgan fingerprint density at radius 2 is 2.08 bits per heavy atom. The molecule has 1 aliphatic heterocycles. The van der Waals surface area contributed by atoms with Crippen LogP contribution in [0.15, 0.2) is 6.20 Å². The third-order valence-corrected chi connectivity index (χ3v) is 5.42. The van der Waals surface area contributed by atoms with Crippen LogP contribution in [0.4, 0.5) is 5.13 Å². The van der Waals surface area contributed by atoms with Crippen molar-refractivity contribution in [2.75, 3.05) is 18.4 Å². The second-order valence-electron chi connectivity index (χ2n) is 5.98. The maximum Gasteiger partial charge on any atom is 0.279 e. The molecule has 0 aliphatic carbocycles. The van der Waals surface area contributed by atoms with Crippen molar-refractivity contribution in [3.8, 4) is 0 Å². The molecule has 1 aliphatic rings. The van der Waals surface area contributed by atoms with Crippen LogP contribution in [-0.4, -0.2) is 44.2 Å². The van der Waals surface area contributed by atoms with Gasteiger partial charge in [0.15, 0.2) is 5.69 Å². The van der Waals surface area contributed by atoms with Crippen LogP contribution in [-0.2, 0) is 0 Å². The van der Waals surface area contributed by atoms with Gasteiger partial charge < -0.3 is 5.32 Å². The third-order valence-electron chi connectivity index (χ3n) is 4.42. The minimum absolute atomic E-state index is 0.289. The van der Waals surface area contributed by atoms with Gasteiger partial charge in [0, 0.05) is 5.92 Å². The lowest BCUT2D eigenvalue weighted by molar-refractivity contribution is 0.102. The fourth-order valence-electron chi connectivity index (χ4n) is 2.88. The van der Waals surface area contributed by atoms with Gasteiger partial charge in [0.2, 0.25) is 5.13 Å². The van der Waals surface area contributed by atoms with E-state index in [0.29, 0.717) is 22.8 Å². The van der Waals surface area contributed by atoms with E-state index in [1.54, 1.807) is 10.9 Å². The zero-order chi connectivity index (χ0) is 16.9. The summed E-state index contributed by atoms with van der Waals surface area (Å²) in [5.74, 6) is 0.108. The van der Waals surface area contributed by atoms with Gasteiger partial charge >= 0.3 is 0 Å². The van der Waals surface area contributed by atoms with E-state index in [1.807, 2.05) is 0 Å². The molecular formula is C15H23N7OS. The molecule has 0 atom stereocenters. The van der Waals surface area contributed by atoms with E-state index in [2.05, 4.69) is 45.0 Å². The smallest absolute Gasteiger partial charge is 0.279 e. The van der Waals surface area contributed by atoms with E-state index in [9.17, 15) is 4.79 Å². The zero-order valence-electron chi connectivity index (χ0n) is 14.0. The molecule has 2 aromatic heterocycles. The van der Waals surface area contributed by atoms with Crippen molar-refractivity contribution in [3.05, 3.63) is 16.9 Å². The normalized spacial score (nSPS) is 15.8. The van der Waals surface area contributed by atoms with Gasteiger partial charge in [0.25, 0.3) is 5.91 Å². The summed E-state index contributed by atoms with van der Waals surface area (Å²) in [6.45, 7) is 6.20. The van der Waals surface area contributed by atoms with Crippen molar-refractivity contribution in [3.63, 3.8) is 0 Å². The first-order valence-corrected chi connectivity index (χ1v) is 9.30.